The van der Waals surface area contributed by atoms with Gasteiger partial charge in [-0.05, 0) is 161 Å². The van der Waals surface area contributed by atoms with Gasteiger partial charge in [-0.15, -0.1) is 0 Å². The van der Waals surface area contributed by atoms with Gasteiger partial charge in [0.25, 0.3) is 6.71 Å². The normalized spacial score (nSPS) is 20.3. The third kappa shape index (κ3) is 6.28. The first-order valence-corrected chi connectivity index (χ1v) is 23.8. The molecule has 6 aromatic carbocycles. The minimum absolute atomic E-state index is 0.00614. The summed E-state index contributed by atoms with van der Waals surface area (Å²) >= 11 is 0. The van der Waals surface area contributed by atoms with Crippen LogP contribution >= 0.6 is 0 Å². The molecule has 2 atom stereocenters. The largest absolute Gasteiger partial charge is 0.334 e. The first-order valence-electron chi connectivity index (χ1n) is 23.8. The Bertz CT molecular complexity index is 2830. The molecule has 0 amide bonds. The third-order valence-electron chi connectivity index (χ3n) is 15.8. The van der Waals surface area contributed by atoms with Crippen molar-refractivity contribution in [1.29, 1.82) is 0 Å². The molecule has 1 fully saturated rings. The van der Waals surface area contributed by atoms with E-state index in [0.717, 1.165) is 0 Å². The summed E-state index contributed by atoms with van der Waals surface area (Å²) in [5.74, 6) is 0. The second-order valence-electron chi connectivity index (χ2n) is 23.3. The van der Waals surface area contributed by atoms with Gasteiger partial charge in [0.05, 0.1) is 5.54 Å². The van der Waals surface area contributed by atoms with Crippen LogP contribution in [-0.2, 0) is 21.7 Å². The second kappa shape index (κ2) is 13.9. The lowest BCUT2D eigenvalue weighted by atomic mass is 9.33. The van der Waals surface area contributed by atoms with Gasteiger partial charge in [-0.3, -0.25) is 0 Å². The van der Waals surface area contributed by atoms with Crippen molar-refractivity contribution in [2.45, 2.75) is 150 Å². The van der Waals surface area contributed by atoms with E-state index in [1.54, 1.807) is 0 Å². The van der Waals surface area contributed by atoms with Crippen molar-refractivity contribution in [2.75, 3.05) is 14.7 Å². The molecule has 1 aliphatic carbocycles. The highest BCUT2D eigenvalue weighted by molar-refractivity contribution is 7.00. The number of hydrogen-bond acceptors (Lipinski definition) is 3. The molecule has 3 aliphatic heterocycles. The molecule has 6 aromatic rings. The van der Waals surface area contributed by atoms with Crippen LogP contribution < -0.4 is 31.1 Å². The van der Waals surface area contributed by atoms with Crippen LogP contribution in [0.25, 0.3) is 0 Å². The fourth-order valence-corrected chi connectivity index (χ4v) is 12.1. The fourth-order valence-electron chi connectivity index (χ4n) is 12.1. The van der Waals surface area contributed by atoms with Crippen LogP contribution in [0.3, 0.4) is 0 Å². The average Bonchev–Trinajstić information content (AvgIpc) is 3.42. The van der Waals surface area contributed by atoms with Gasteiger partial charge >= 0.3 is 0 Å². The van der Waals surface area contributed by atoms with E-state index in [9.17, 15) is 0 Å². The molecule has 0 radical (unpaired) electrons. The lowest BCUT2D eigenvalue weighted by molar-refractivity contribution is 0.195. The zero-order valence-electron chi connectivity index (χ0n) is 40.6. The first-order chi connectivity index (χ1) is 29.6. The van der Waals surface area contributed by atoms with E-state index in [2.05, 4.69) is 221 Å². The van der Waals surface area contributed by atoms with Gasteiger partial charge in [-0.1, -0.05) is 142 Å². The molecule has 0 aromatic heterocycles. The number of benzene rings is 6. The number of fused-ring (bicyclic) bond motifs is 7. The van der Waals surface area contributed by atoms with Gasteiger partial charge in [0.15, 0.2) is 0 Å². The summed E-state index contributed by atoms with van der Waals surface area (Å²) in [4.78, 5) is 8.01. The predicted molar refractivity (Wildman–Crippen MR) is 274 cm³/mol. The first kappa shape index (κ1) is 41.8. The van der Waals surface area contributed by atoms with E-state index in [1.165, 1.54) is 127 Å². The van der Waals surface area contributed by atoms with Gasteiger partial charge in [0.1, 0.15) is 0 Å². The number of aryl methyl sites for hydroxylation is 3. The van der Waals surface area contributed by atoms with Crippen LogP contribution in [0.5, 0.6) is 0 Å². The highest BCUT2D eigenvalue weighted by Crippen LogP contribution is 2.62. The van der Waals surface area contributed by atoms with Crippen LogP contribution in [0.2, 0.25) is 0 Å². The zero-order chi connectivity index (χ0) is 44.8. The summed E-state index contributed by atoms with van der Waals surface area (Å²) in [6, 6.07) is 43.6. The second-order valence-corrected chi connectivity index (χ2v) is 23.3. The molecular formula is C59H68BN3. The Morgan fingerprint density at radius 3 is 1.68 bits per heavy atom. The van der Waals surface area contributed by atoms with Crippen LogP contribution in [-0.4, -0.2) is 12.3 Å². The van der Waals surface area contributed by atoms with Gasteiger partial charge in [0.2, 0.25) is 0 Å². The fraction of sp³-hybridized carbons (Fsp3) is 0.390. The topological polar surface area (TPSA) is 9.72 Å². The van der Waals surface area contributed by atoms with Crippen molar-refractivity contribution >= 4 is 68.6 Å². The summed E-state index contributed by atoms with van der Waals surface area (Å²) in [7, 11) is 0. The summed E-state index contributed by atoms with van der Waals surface area (Å²) in [5, 5.41) is 0. The molecule has 0 bridgehead atoms. The minimum Gasteiger partial charge on any atom is -0.334 e. The van der Waals surface area contributed by atoms with E-state index in [-0.39, 0.29) is 33.9 Å². The third-order valence-corrected chi connectivity index (χ3v) is 15.8. The highest BCUT2D eigenvalue weighted by atomic mass is 15.3. The molecule has 3 heterocycles. The average molecular weight is 830 g/mol. The smallest absolute Gasteiger partial charge is 0.252 e. The predicted octanol–water partition coefficient (Wildman–Crippen LogP) is 14.3. The number of anilines is 8. The molecule has 3 nitrogen and oxygen atoms in total. The Morgan fingerprint density at radius 2 is 1.03 bits per heavy atom. The van der Waals surface area contributed by atoms with Crippen molar-refractivity contribution < 1.29 is 0 Å². The molecular weight excluding hydrogens is 761 g/mol. The maximum absolute atomic E-state index is 2.79. The van der Waals surface area contributed by atoms with Crippen molar-refractivity contribution in [1.82, 2.24) is 0 Å². The zero-order valence-corrected chi connectivity index (χ0v) is 40.6. The standard InChI is InChI=1S/C59H68BN3/c1-37-30-39(3)54-46(31-37)58(13)28-15-16-29-59(58,14)63(54)45-25-27-48-50(36-45)61(43-23-20-40(21-24-43)55(4,5)6)51-32-38(2)33-52-53(51)60(48)47-26-22-42(57(10,11)12)35-49(47)62(52)44-19-17-18-41(34-44)56(7,8)9/h17-27,30-36H,15-16,28-29H2,1-14H3. The summed E-state index contributed by atoms with van der Waals surface area (Å²) in [5.41, 5.74) is 24.0. The quantitative estimate of drug-likeness (QED) is 0.164. The maximum atomic E-state index is 2.79. The number of hydrogen-bond donors (Lipinski definition) is 0. The monoisotopic (exact) mass is 830 g/mol. The molecule has 4 aliphatic rings. The number of nitrogens with zero attached hydrogens (tertiary/aromatic N) is 3. The maximum Gasteiger partial charge on any atom is 0.252 e. The Labute approximate surface area is 379 Å². The van der Waals surface area contributed by atoms with Crippen molar-refractivity contribution in [2.24, 2.45) is 0 Å². The molecule has 0 N–H and O–H groups in total. The molecule has 1 saturated carbocycles. The highest BCUT2D eigenvalue weighted by Gasteiger charge is 2.58. The van der Waals surface area contributed by atoms with Crippen LogP contribution in [0.1, 0.15) is 141 Å². The molecule has 63 heavy (non-hydrogen) atoms. The van der Waals surface area contributed by atoms with E-state index in [1.807, 2.05) is 0 Å². The Hall–Kier alpha value is -5.22. The molecule has 4 heteroatoms. The van der Waals surface area contributed by atoms with Crippen molar-refractivity contribution in [3.63, 3.8) is 0 Å². The van der Waals surface area contributed by atoms with Gasteiger partial charge in [-0.25, -0.2) is 0 Å². The van der Waals surface area contributed by atoms with Crippen LogP contribution in [0.15, 0.2) is 109 Å². The summed E-state index contributed by atoms with van der Waals surface area (Å²) < 4.78 is 0. The van der Waals surface area contributed by atoms with E-state index >= 15 is 0 Å². The Kier molecular flexibility index (Phi) is 9.21. The van der Waals surface area contributed by atoms with Gasteiger partial charge in [0, 0.05) is 50.9 Å². The Morgan fingerprint density at radius 1 is 0.492 bits per heavy atom. The summed E-state index contributed by atoms with van der Waals surface area (Å²) in [6.07, 6.45) is 4.93. The molecule has 322 valence electrons. The van der Waals surface area contributed by atoms with Gasteiger partial charge in [-0.2, -0.15) is 0 Å². The number of rotatable bonds is 3. The lowest BCUT2D eigenvalue weighted by Gasteiger charge is -2.51. The van der Waals surface area contributed by atoms with Crippen molar-refractivity contribution in [3.05, 3.63) is 148 Å². The summed E-state index contributed by atoms with van der Waals surface area (Å²) in [6.45, 7) is 33.1. The molecule has 10 rings (SSSR count). The van der Waals surface area contributed by atoms with E-state index < -0.39 is 0 Å². The van der Waals surface area contributed by atoms with Crippen LogP contribution in [0.4, 0.5) is 45.5 Å². The van der Waals surface area contributed by atoms with Crippen molar-refractivity contribution in [3.8, 4) is 0 Å². The molecule has 2 unspecified atom stereocenters. The minimum atomic E-state index is -0.0429. The lowest BCUT2D eigenvalue weighted by Crippen LogP contribution is -2.61. The SMILES string of the molecule is Cc1cc2c3c(c1)N(c1cccc(C(C)(C)C)c1)c1cc(C(C)(C)C)ccc1B3c1ccc(N3c4c(C)cc(C)cc4C4(C)CCCCC34C)cc1N2c1ccc(C(C)(C)C)cc1. The van der Waals surface area contributed by atoms with E-state index in [0.29, 0.717) is 0 Å². The molecule has 0 spiro atoms. The molecule has 0 saturated heterocycles. The van der Waals surface area contributed by atoms with E-state index in [4.69, 9.17) is 0 Å². The van der Waals surface area contributed by atoms with Crippen LogP contribution in [0, 0.1) is 20.8 Å². The Balaban J connectivity index is 1.27. The van der Waals surface area contributed by atoms with Gasteiger partial charge < -0.3 is 14.7 Å².